The van der Waals surface area contributed by atoms with Crippen LogP contribution < -0.4 is 26.3 Å². The Labute approximate surface area is 142 Å². The van der Waals surface area contributed by atoms with Crippen molar-refractivity contribution in [3.8, 4) is 11.5 Å². The van der Waals surface area contributed by atoms with Crippen molar-refractivity contribution in [2.24, 2.45) is 0 Å². The zero-order valence-electron chi connectivity index (χ0n) is 12.6. The Morgan fingerprint density at radius 2 is 1.92 bits per heavy atom. The fourth-order valence-corrected chi connectivity index (χ4v) is 2.70. The van der Waals surface area contributed by atoms with E-state index in [4.69, 9.17) is 20.9 Å². The number of rotatable bonds is 5. The van der Waals surface area contributed by atoms with Gasteiger partial charge in [0.2, 0.25) is 17.8 Å². The molecule has 1 aliphatic heterocycles. The van der Waals surface area contributed by atoms with Crippen LogP contribution in [0.4, 0.5) is 11.9 Å². The number of aromatic nitrogens is 3. The largest absolute Gasteiger partial charge is 0.486 e. The van der Waals surface area contributed by atoms with Gasteiger partial charge in [-0.25, -0.2) is 0 Å². The number of benzene rings is 1. The van der Waals surface area contributed by atoms with Gasteiger partial charge in [0.25, 0.3) is 0 Å². The van der Waals surface area contributed by atoms with E-state index in [0.717, 1.165) is 11.8 Å². The van der Waals surface area contributed by atoms with Crippen molar-refractivity contribution in [1.29, 1.82) is 0 Å². The maximum Gasteiger partial charge on any atom is 0.230 e. The summed E-state index contributed by atoms with van der Waals surface area (Å²) in [6.45, 7) is 0.722. The number of hydrogen-bond acceptors (Lipinski definition) is 9. The van der Waals surface area contributed by atoms with Crippen LogP contribution >= 0.6 is 11.8 Å². The average molecular weight is 348 g/mol. The summed E-state index contributed by atoms with van der Waals surface area (Å²) in [4.78, 5) is 23.4. The van der Waals surface area contributed by atoms with Gasteiger partial charge in [-0.1, -0.05) is 23.9 Å². The molecule has 1 atom stereocenters. The number of nitrogens with two attached hydrogens (primary N) is 2. The van der Waals surface area contributed by atoms with Gasteiger partial charge in [-0.15, -0.1) is 0 Å². The van der Waals surface area contributed by atoms with E-state index in [2.05, 4.69) is 20.3 Å². The fraction of sp³-hybridized carbons (Fsp3) is 0.286. The lowest BCUT2D eigenvalue weighted by Gasteiger charge is -2.26. The maximum absolute atomic E-state index is 11.9. The summed E-state index contributed by atoms with van der Waals surface area (Å²) < 4.78 is 11.4. The molecule has 2 heterocycles. The Bertz CT molecular complexity index is 724. The predicted octanol–water partition coefficient (Wildman–Crippen LogP) is 0.0843. The standard InChI is InChI=1S/C14H16N6O3S/c15-12-18-13(16)20-14(19-12)24-7-11(21)17-5-8-6-22-9-3-1-2-4-10(9)23-8/h1-4,8H,5-7H2,(H,17,21)(H4,15,16,18,19,20)/t8-/m0/s1. The summed E-state index contributed by atoms with van der Waals surface area (Å²) in [7, 11) is 0. The third-order valence-electron chi connectivity index (χ3n) is 3.08. The molecule has 24 heavy (non-hydrogen) atoms. The third-order valence-corrected chi connectivity index (χ3v) is 3.92. The second-order valence-electron chi connectivity index (χ2n) is 4.92. The molecule has 126 valence electrons. The highest BCUT2D eigenvalue weighted by Gasteiger charge is 2.21. The van der Waals surface area contributed by atoms with Crippen LogP contribution in [0.3, 0.4) is 0 Å². The average Bonchev–Trinajstić information content (AvgIpc) is 2.57. The van der Waals surface area contributed by atoms with Crippen LogP contribution in [-0.2, 0) is 4.79 Å². The van der Waals surface area contributed by atoms with Gasteiger partial charge >= 0.3 is 0 Å². The molecule has 1 aliphatic rings. The number of nitrogens with zero attached hydrogens (tertiary/aromatic N) is 3. The molecule has 0 spiro atoms. The molecule has 3 rings (SSSR count). The number of carbonyl (C=O) groups excluding carboxylic acids is 1. The van der Waals surface area contributed by atoms with E-state index in [9.17, 15) is 4.79 Å². The van der Waals surface area contributed by atoms with E-state index >= 15 is 0 Å². The molecule has 1 amide bonds. The van der Waals surface area contributed by atoms with E-state index in [1.165, 1.54) is 0 Å². The Kier molecular flexibility index (Phi) is 4.85. The minimum Gasteiger partial charge on any atom is -0.486 e. The van der Waals surface area contributed by atoms with Gasteiger partial charge in [0.1, 0.15) is 12.7 Å². The number of nitrogens with one attached hydrogen (secondary N) is 1. The maximum atomic E-state index is 11.9. The van der Waals surface area contributed by atoms with Gasteiger partial charge in [-0.3, -0.25) is 4.79 Å². The monoisotopic (exact) mass is 348 g/mol. The predicted molar refractivity (Wildman–Crippen MR) is 88.7 cm³/mol. The normalized spacial score (nSPS) is 15.8. The number of para-hydroxylation sites is 2. The number of hydrogen-bond donors (Lipinski definition) is 3. The lowest BCUT2D eigenvalue weighted by molar-refractivity contribution is -0.119. The Hall–Kier alpha value is -2.75. The second-order valence-corrected chi connectivity index (χ2v) is 5.87. The van der Waals surface area contributed by atoms with Gasteiger partial charge in [0.15, 0.2) is 16.7 Å². The zero-order valence-corrected chi connectivity index (χ0v) is 13.5. The topological polar surface area (TPSA) is 138 Å². The molecule has 0 aliphatic carbocycles. The quantitative estimate of drug-likeness (QED) is 0.641. The van der Waals surface area contributed by atoms with Crippen molar-refractivity contribution in [2.75, 3.05) is 30.4 Å². The first-order valence-corrected chi connectivity index (χ1v) is 8.14. The first kappa shape index (κ1) is 16.1. The highest BCUT2D eigenvalue weighted by molar-refractivity contribution is 7.99. The van der Waals surface area contributed by atoms with Crippen LogP contribution in [0.15, 0.2) is 29.4 Å². The Morgan fingerprint density at radius 1 is 1.21 bits per heavy atom. The summed E-state index contributed by atoms with van der Waals surface area (Å²) in [5, 5.41) is 3.09. The lowest BCUT2D eigenvalue weighted by atomic mass is 10.2. The molecule has 1 aromatic heterocycles. The van der Waals surface area contributed by atoms with Gasteiger partial charge in [0.05, 0.1) is 12.3 Å². The van der Waals surface area contributed by atoms with Gasteiger partial charge < -0.3 is 26.3 Å². The Morgan fingerprint density at radius 3 is 2.67 bits per heavy atom. The molecule has 0 fully saturated rings. The van der Waals surface area contributed by atoms with Gasteiger partial charge in [0, 0.05) is 0 Å². The number of thioether (sulfide) groups is 1. The second kappa shape index (κ2) is 7.21. The summed E-state index contributed by atoms with van der Waals surface area (Å²) in [5.41, 5.74) is 10.9. The lowest BCUT2D eigenvalue weighted by Crippen LogP contribution is -2.41. The molecular weight excluding hydrogens is 332 g/mol. The van der Waals surface area contributed by atoms with Crippen molar-refractivity contribution < 1.29 is 14.3 Å². The Balaban J connectivity index is 1.45. The zero-order chi connectivity index (χ0) is 16.9. The van der Waals surface area contributed by atoms with E-state index in [1.54, 1.807) is 0 Å². The molecule has 0 unspecified atom stereocenters. The van der Waals surface area contributed by atoms with Crippen molar-refractivity contribution in [1.82, 2.24) is 20.3 Å². The van der Waals surface area contributed by atoms with Crippen molar-refractivity contribution in [3.05, 3.63) is 24.3 Å². The van der Waals surface area contributed by atoms with Crippen LogP contribution in [0.5, 0.6) is 11.5 Å². The third kappa shape index (κ3) is 4.16. The molecular formula is C14H16N6O3S. The molecule has 1 aromatic carbocycles. The minimum absolute atomic E-state index is 0.0248. The van der Waals surface area contributed by atoms with Crippen LogP contribution in [0.2, 0.25) is 0 Å². The molecule has 0 saturated carbocycles. The number of amides is 1. The van der Waals surface area contributed by atoms with Gasteiger partial charge in [-0.05, 0) is 12.1 Å². The van der Waals surface area contributed by atoms with Crippen molar-refractivity contribution in [3.63, 3.8) is 0 Å². The van der Waals surface area contributed by atoms with Crippen LogP contribution in [0.25, 0.3) is 0 Å². The van der Waals surface area contributed by atoms with Gasteiger partial charge in [-0.2, -0.15) is 15.0 Å². The highest BCUT2D eigenvalue weighted by atomic mass is 32.2. The van der Waals surface area contributed by atoms with Crippen LogP contribution in [0, 0.1) is 0 Å². The number of ether oxygens (including phenoxy) is 2. The molecule has 9 nitrogen and oxygen atoms in total. The molecule has 0 radical (unpaired) electrons. The summed E-state index contributed by atoms with van der Waals surface area (Å²) in [6.07, 6.45) is -0.239. The van der Waals surface area contributed by atoms with Crippen LogP contribution in [0.1, 0.15) is 0 Å². The van der Waals surface area contributed by atoms with E-state index in [1.807, 2.05) is 24.3 Å². The molecule has 5 N–H and O–H groups in total. The summed E-state index contributed by atoms with van der Waals surface area (Å²) in [5.74, 6) is 1.38. The molecule has 0 bridgehead atoms. The number of anilines is 2. The summed E-state index contributed by atoms with van der Waals surface area (Å²) in [6, 6.07) is 7.41. The van der Waals surface area contributed by atoms with Crippen molar-refractivity contribution >= 4 is 29.6 Å². The molecule has 10 heteroatoms. The number of carbonyl (C=O) groups is 1. The van der Waals surface area contributed by atoms with Crippen molar-refractivity contribution in [2.45, 2.75) is 11.3 Å². The molecule has 2 aromatic rings. The number of fused-ring (bicyclic) bond motifs is 1. The first-order valence-electron chi connectivity index (χ1n) is 7.15. The van der Waals surface area contributed by atoms with E-state index < -0.39 is 0 Å². The fourth-order valence-electron chi connectivity index (χ4n) is 2.03. The molecule has 0 saturated heterocycles. The van der Waals surface area contributed by atoms with E-state index in [-0.39, 0.29) is 29.7 Å². The smallest absolute Gasteiger partial charge is 0.230 e. The van der Waals surface area contributed by atoms with Crippen LogP contribution in [-0.4, -0.2) is 45.9 Å². The van der Waals surface area contributed by atoms with E-state index in [0.29, 0.717) is 29.8 Å². The SMILES string of the molecule is Nc1nc(N)nc(SCC(=O)NC[C@H]2COc3ccccc3O2)n1. The number of nitrogen functional groups attached to an aromatic ring is 2. The minimum atomic E-state index is -0.239. The highest BCUT2D eigenvalue weighted by Crippen LogP contribution is 2.30. The summed E-state index contributed by atoms with van der Waals surface area (Å²) >= 11 is 1.13. The first-order chi connectivity index (χ1) is 11.6.